The minimum absolute atomic E-state index is 0.0493. The van der Waals surface area contributed by atoms with Crippen molar-refractivity contribution >= 4 is 16.7 Å². The van der Waals surface area contributed by atoms with Crippen LogP contribution in [0.1, 0.15) is 30.5 Å². The first-order valence-corrected chi connectivity index (χ1v) is 7.54. The number of hydrogen-bond acceptors (Lipinski definition) is 2. The van der Waals surface area contributed by atoms with E-state index in [1.165, 1.54) is 0 Å². The van der Waals surface area contributed by atoms with E-state index in [1.54, 1.807) is 18.2 Å². The highest BCUT2D eigenvalue weighted by Gasteiger charge is 2.47. The summed E-state index contributed by atoms with van der Waals surface area (Å²) in [5, 5.41) is 2.35. The molecule has 0 aromatic heterocycles. The molecule has 23 heavy (non-hydrogen) atoms. The van der Waals surface area contributed by atoms with Crippen molar-refractivity contribution in [1.29, 1.82) is 0 Å². The minimum Gasteiger partial charge on any atom is -0.288 e. The zero-order valence-corrected chi connectivity index (χ0v) is 12.7. The fourth-order valence-corrected chi connectivity index (χ4v) is 3.04. The molecule has 1 amide bonds. The highest BCUT2D eigenvalue weighted by atomic mass is 19.4. The quantitative estimate of drug-likeness (QED) is 0.933. The highest BCUT2D eigenvalue weighted by Crippen LogP contribution is 2.41. The number of nitrogens with zero attached hydrogens (tertiary/aromatic N) is 1. The summed E-state index contributed by atoms with van der Waals surface area (Å²) in [5.74, 6) is -0.379. The molecule has 0 unspecified atom stereocenters. The molecule has 0 spiro atoms. The Morgan fingerprint density at radius 3 is 2.61 bits per heavy atom. The number of rotatable bonds is 3. The number of carbonyl (C=O) groups excluding carboxylic acids is 1. The van der Waals surface area contributed by atoms with Gasteiger partial charge < -0.3 is 0 Å². The Labute approximate surface area is 132 Å². The summed E-state index contributed by atoms with van der Waals surface area (Å²) in [6, 6.07) is 8.72. The number of halogens is 3. The van der Waals surface area contributed by atoms with Gasteiger partial charge in [0.05, 0.1) is 0 Å². The van der Waals surface area contributed by atoms with Crippen molar-refractivity contribution in [3.8, 4) is 0 Å². The molecule has 1 fully saturated rings. The molecule has 0 radical (unpaired) electrons. The molecule has 1 heterocycles. The van der Waals surface area contributed by atoms with Crippen LogP contribution >= 0.6 is 0 Å². The van der Waals surface area contributed by atoms with Crippen molar-refractivity contribution in [1.82, 2.24) is 10.4 Å². The summed E-state index contributed by atoms with van der Waals surface area (Å²) in [6.07, 6.45) is -3.75. The van der Waals surface area contributed by atoms with Crippen LogP contribution in [0, 0.1) is 0 Å². The number of aryl methyl sites for hydroxylation is 1. The van der Waals surface area contributed by atoms with Gasteiger partial charge in [0.15, 0.2) is 6.04 Å². The lowest BCUT2D eigenvalue weighted by Gasteiger charge is -2.30. The zero-order chi connectivity index (χ0) is 16.6. The van der Waals surface area contributed by atoms with Gasteiger partial charge in [-0.15, -0.1) is 0 Å². The number of nitrogens with one attached hydrogen (secondary N) is 1. The van der Waals surface area contributed by atoms with E-state index in [4.69, 9.17) is 0 Å². The summed E-state index contributed by atoms with van der Waals surface area (Å²) in [5.41, 5.74) is 3.37. The van der Waals surface area contributed by atoms with E-state index >= 15 is 0 Å². The van der Waals surface area contributed by atoms with Crippen LogP contribution in [0.25, 0.3) is 10.8 Å². The van der Waals surface area contributed by atoms with E-state index in [9.17, 15) is 18.0 Å². The molecule has 3 rings (SSSR count). The summed E-state index contributed by atoms with van der Waals surface area (Å²) in [6.45, 7) is 1.96. The molecule has 1 atom stereocenters. The fraction of sp³-hybridized carbons (Fsp3) is 0.353. The lowest BCUT2D eigenvalue weighted by atomic mass is 9.94. The third-order valence-corrected chi connectivity index (χ3v) is 4.13. The van der Waals surface area contributed by atoms with E-state index < -0.39 is 12.2 Å². The second-order valence-electron chi connectivity index (χ2n) is 5.68. The summed E-state index contributed by atoms with van der Waals surface area (Å²) >= 11 is 0. The van der Waals surface area contributed by atoms with E-state index in [0.717, 1.165) is 16.0 Å². The highest BCUT2D eigenvalue weighted by molar-refractivity contribution is 5.87. The molecular formula is C17H17F3N2O. The number of carbonyl (C=O) groups is 1. The summed E-state index contributed by atoms with van der Waals surface area (Å²) < 4.78 is 41.3. The molecule has 6 heteroatoms. The third-order valence-electron chi connectivity index (χ3n) is 4.13. The Kier molecular flexibility index (Phi) is 4.02. The predicted octanol–water partition coefficient (Wildman–Crippen LogP) is 3.74. The molecule has 3 nitrogen and oxygen atoms in total. The average molecular weight is 322 g/mol. The van der Waals surface area contributed by atoms with Crippen molar-refractivity contribution < 1.29 is 18.0 Å². The standard InChI is InChI=1S/C17H17F3N2O/c1-2-11-9-12-5-3-4-6-13(12)14(10-11)16(17(18,19)20)22-8-7-15(23)21-22/h3-6,9-10,16H,2,7-8H2,1H3,(H,21,23)/t16-/m0/s1. The number of hydrazine groups is 1. The lowest BCUT2D eigenvalue weighted by Crippen LogP contribution is -2.43. The van der Waals surface area contributed by atoms with Crippen LogP contribution in [0.5, 0.6) is 0 Å². The van der Waals surface area contributed by atoms with Gasteiger partial charge >= 0.3 is 6.18 Å². The molecule has 122 valence electrons. The molecule has 2 aromatic carbocycles. The lowest BCUT2D eigenvalue weighted by molar-refractivity contribution is -0.190. The van der Waals surface area contributed by atoms with Crippen LogP contribution in [-0.2, 0) is 11.2 Å². The largest absolute Gasteiger partial charge is 0.409 e. The summed E-state index contributed by atoms with van der Waals surface area (Å²) in [4.78, 5) is 11.4. The van der Waals surface area contributed by atoms with Crippen molar-refractivity contribution in [2.75, 3.05) is 6.54 Å². The van der Waals surface area contributed by atoms with E-state index in [0.29, 0.717) is 11.8 Å². The summed E-state index contributed by atoms with van der Waals surface area (Å²) in [7, 11) is 0. The Morgan fingerprint density at radius 2 is 2.00 bits per heavy atom. The molecule has 0 bridgehead atoms. The SMILES string of the molecule is CCc1cc([C@H](N2CCC(=O)N2)C(F)(F)F)c2ccccc2c1. The topological polar surface area (TPSA) is 32.3 Å². The Morgan fingerprint density at radius 1 is 1.26 bits per heavy atom. The monoisotopic (exact) mass is 322 g/mol. The van der Waals surface area contributed by atoms with Gasteiger partial charge in [0, 0.05) is 13.0 Å². The maximum Gasteiger partial charge on any atom is 0.409 e. The molecule has 1 N–H and O–H groups in total. The smallest absolute Gasteiger partial charge is 0.288 e. The molecule has 2 aromatic rings. The molecule has 0 aliphatic carbocycles. The Bertz CT molecular complexity index is 742. The van der Waals surface area contributed by atoms with Gasteiger partial charge in [-0.25, -0.2) is 5.01 Å². The zero-order valence-electron chi connectivity index (χ0n) is 12.7. The van der Waals surface area contributed by atoms with Crippen LogP contribution in [0.2, 0.25) is 0 Å². The first-order valence-electron chi connectivity index (χ1n) is 7.54. The Balaban J connectivity index is 2.19. The van der Waals surface area contributed by atoms with Gasteiger partial charge in [0.1, 0.15) is 0 Å². The normalized spacial score (nSPS) is 17.5. The third kappa shape index (κ3) is 3.03. The van der Waals surface area contributed by atoms with Crippen LogP contribution in [0.4, 0.5) is 13.2 Å². The van der Waals surface area contributed by atoms with Gasteiger partial charge in [-0.05, 0) is 28.3 Å². The van der Waals surface area contributed by atoms with Gasteiger partial charge in [-0.3, -0.25) is 10.2 Å². The Hall–Kier alpha value is -2.08. The van der Waals surface area contributed by atoms with Crippen LogP contribution in [0.3, 0.4) is 0 Å². The fourth-order valence-electron chi connectivity index (χ4n) is 3.04. The minimum atomic E-state index is -4.48. The van der Waals surface area contributed by atoms with E-state index in [2.05, 4.69) is 5.43 Å². The molecular weight excluding hydrogens is 305 g/mol. The van der Waals surface area contributed by atoms with Gasteiger partial charge in [0.2, 0.25) is 5.91 Å². The van der Waals surface area contributed by atoms with Crippen molar-refractivity contribution in [3.63, 3.8) is 0 Å². The first-order chi connectivity index (χ1) is 10.9. The number of benzene rings is 2. The van der Waals surface area contributed by atoms with Crippen LogP contribution in [0.15, 0.2) is 36.4 Å². The van der Waals surface area contributed by atoms with Crippen molar-refractivity contribution in [3.05, 3.63) is 47.5 Å². The van der Waals surface area contributed by atoms with E-state index in [1.807, 2.05) is 25.1 Å². The predicted molar refractivity (Wildman–Crippen MR) is 81.6 cm³/mol. The molecule has 1 aliphatic rings. The van der Waals surface area contributed by atoms with Gasteiger partial charge in [0.25, 0.3) is 0 Å². The maximum atomic E-state index is 13.8. The van der Waals surface area contributed by atoms with Crippen molar-refractivity contribution in [2.24, 2.45) is 0 Å². The van der Waals surface area contributed by atoms with Crippen LogP contribution in [-0.4, -0.2) is 23.6 Å². The maximum absolute atomic E-state index is 13.8. The molecule has 1 aliphatic heterocycles. The van der Waals surface area contributed by atoms with Gasteiger partial charge in [-0.2, -0.15) is 13.2 Å². The second-order valence-corrected chi connectivity index (χ2v) is 5.68. The number of amides is 1. The first kappa shape index (κ1) is 15.8. The molecule has 0 saturated carbocycles. The number of alkyl halides is 3. The number of fused-ring (bicyclic) bond motifs is 1. The van der Waals surface area contributed by atoms with Gasteiger partial charge in [-0.1, -0.05) is 43.3 Å². The van der Waals surface area contributed by atoms with E-state index in [-0.39, 0.29) is 24.4 Å². The number of hydrogen-bond donors (Lipinski definition) is 1. The van der Waals surface area contributed by atoms with Crippen LogP contribution < -0.4 is 5.43 Å². The average Bonchev–Trinajstić information content (AvgIpc) is 2.91. The van der Waals surface area contributed by atoms with Crippen molar-refractivity contribution in [2.45, 2.75) is 32.0 Å². The second kappa shape index (κ2) is 5.85. The molecule has 1 saturated heterocycles.